The minimum atomic E-state index is 0.331. The van der Waals surface area contributed by atoms with E-state index in [4.69, 9.17) is 4.74 Å². The summed E-state index contributed by atoms with van der Waals surface area (Å²) in [4.78, 5) is 0. The number of hydrogen-bond acceptors (Lipinski definition) is 2. The summed E-state index contributed by atoms with van der Waals surface area (Å²) in [5, 5.41) is 3.76. The summed E-state index contributed by atoms with van der Waals surface area (Å²) in [5.74, 6) is 0.984. The first-order valence-electron chi connectivity index (χ1n) is 7.52. The molecule has 0 bridgehead atoms. The van der Waals surface area contributed by atoms with Gasteiger partial charge >= 0.3 is 0 Å². The Morgan fingerprint density at radius 2 is 1.79 bits per heavy atom. The molecule has 0 spiro atoms. The Morgan fingerprint density at radius 3 is 2.32 bits per heavy atom. The SMILES string of the molecule is CCCC(CCC)NC(C)c1cc(C)ccc1OC. The van der Waals surface area contributed by atoms with Crippen molar-refractivity contribution in [3.63, 3.8) is 0 Å². The highest BCUT2D eigenvalue weighted by Gasteiger charge is 2.15. The van der Waals surface area contributed by atoms with Crippen molar-refractivity contribution < 1.29 is 4.74 Å². The molecular formula is C17H29NO. The van der Waals surface area contributed by atoms with E-state index in [1.807, 2.05) is 0 Å². The summed E-state index contributed by atoms with van der Waals surface area (Å²) >= 11 is 0. The number of benzene rings is 1. The predicted octanol–water partition coefficient (Wildman–Crippen LogP) is 4.62. The number of methoxy groups -OCH3 is 1. The van der Waals surface area contributed by atoms with Crippen molar-refractivity contribution >= 4 is 0 Å². The monoisotopic (exact) mass is 263 g/mol. The molecule has 2 heteroatoms. The summed E-state index contributed by atoms with van der Waals surface area (Å²) < 4.78 is 5.48. The molecule has 1 unspecified atom stereocenters. The molecular weight excluding hydrogens is 234 g/mol. The Bertz CT molecular complexity index is 370. The lowest BCUT2D eigenvalue weighted by atomic mass is 10.0. The van der Waals surface area contributed by atoms with E-state index < -0.39 is 0 Å². The van der Waals surface area contributed by atoms with Crippen LogP contribution in [0.2, 0.25) is 0 Å². The molecule has 2 nitrogen and oxygen atoms in total. The number of rotatable bonds is 8. The third-order valence-corrected chi connectivity index (χ3v) is 3.61. The molecule has 0 aliphatic rings. The van der Waals surface area contributed by atoms with Gasteiger partial charge in [0.15, 0.2) is 0 Å². The van der Waals surface area contributed by atoms with Crippen LogP contribution in [0, 0.1) is 6.92 Å². The van der Waals surface area contributed by atoms with Gasteiger partial charge in [-0.05, 0) is 32.8 Å². The van der Waals surface area contributed by atoms with Crippen molar-refractivity contribution in [2.75, 3.05) is 7.11 Å². The summed E-state index contributed by atoms with van der Waals surface area (Å²) in [7, 11) is 1.75. The van der Waals surface area contributed by atoms with Crippen molar-refractivity contribution in [2.24, 2.45) is 0 Å². The average Bonchev–Trinajstić information content (AvgIpc) is 2.39. The minimum absolute atomic E-state index is 0.331. The zero-order chi connectivity index (χ0) is 14.3. The van der Waals surface area contributed by atoms with Gasteiger partial charge in [0.1, 0.15) is 5.75 Å². The van der Waals surface area contributed by atoms with Crippen LogP contribution in [0.15, 0.2) is 18.2 Å². The first kappa shape index (κ1) is 16.0. The van der Waals surface area contributed by atoms with Gasteiger partial charge in [0.2, 0.25) is 0 Å². The predicted molar refractivity (Wildman–Crippen MR) is 82.9 cm³/mol. The molecule has 0 aromatic heterocycles. The second kappa shape index (κ2) is 8.21. The summed E-state index contributed by atoms with van der Waals surface area (Å²) in [6, 6.07) is 7.33. The fourth-order valence-electron chi connectivity index (χ4n) is 2.64. The van der Waals surface area contributed by atoms with Crippen LogP contribution in [0.5, 0.6) is 5.75 Å². The molecule has 0 amide bonds. The van der Waals surface area contributed by atoms with Crippen LogP contribution in [0.3, 0.4) is 0 Å². The van der Waals surface area contributed by atoms with Crippen molar-refractivity contribution in [3.8, 4) is 5.75 Å². The molecule has 1 aromatic rings. The molecule has 0 saturated carbocycles. The number of nitrogens with one attached hydrogen (secondary N) is 1. The van der Waals surface area contributed by atoms with Gasteiger partial charge in [0.05, 0.1) is 7.11 Å². The fourth-order valence-corrected chi connectivity index (χ4v) is 2.64. The van der Waals surface area contributed by atoms with E-state index in [0.717, 1.165) is 5.75 Å². The Kier molecular flexibility index (Phi) is 6.93. The molecule has 0 heterocycles. The van der Waals surface area contributed by atoms with Crippen LogP contribution in [0.1, 0.15) is 63.6 Å². The van der Waals surface area contributed by atoms with E-state index in [1.165, 1.54) is 36.8 Å². The van der Waals surface area contributed by atoms with E-state index in [-0.39, 0.29) is 0 Å². The number of aryl methyl sites for hydroxylation is 1. The van der Waals surface area contributed by atoms with E-state index in [2.05, 4.69) is 51.2 Å². The van der Waals surface area contributed by atoms with Gasteiger partial charge in [-0.1, -0.05) is 44.4 Å². The molecule has 0 saturated heterocycles. The van der Waals surface area contributed by atoms with Crippen molar-refractivity contribution in [1.82, 2.24) is 5.32 Å². The summed E-state index contributed by atoms with van der Waals surface area (Å²) in [6.45, 7) is 8.87. The quantitative estimate of drug-likeness (QED) is 0.738. The van der Waals surface area contributed by atoms with Gasteiger partial charge in [0.25, 0.3) is 0 Å². The van der Waals surface area contributed by atoms with Crippen LogP contribution in [-0.2, 0) is 0 Å². The smallest absolute Gasteiger partial charge is 0.123 e. The Labute approximate surface area is 118 Å². The Hall–Kier alpha value is -1.02. The summed E-state index contributed by atoms with van der Waals surface area (Å²) in [6.07, 6.45) is 4.95. The number of hydrogen-bond donors (Lipinski definition) is 1. The zero-order valence-corrected chi connectivity index (χ0v) is 13.1. The lowest BCUT2D eigenvalue weighted by Crippen LogP contribution is -2.31. The molecule has 1 rings (SSSR count). The second-order valence-corrected chi connectivity index (χ2v) is 5.41. The minimum Gasteiger partial charge on any atom is -0.496 e. The van der Waals surface area contributed by atoms with Gasteiger partial charge < -0.3 is 10.1 Å². The van der Waals surface area contributed by atoms with Gasteiger partial charge in [0, 0.05) is 17.6 Å². The standard InChI is InChI=1S/C17H29NO/c1-6-8-15(9-7-2)18-14(4)16-12-13(3)10-11-17(16)19-5/h10-12,14-15,18H,6-9H2,1-5H3. The van der Waals surface area contributed by atoms with Gasteiger partial charge in [-0.15, -0.1) is 0 Å². The first-order chi connectivity index (χ1) is 9.12. The average molecular weight is 263 g/mol. The first-order valence-corrected chi connectivity index (χ1v) is 7.52. The lowest BCUT2D eigenvalue weighted by molar-refractivity contribution is 0.376. The van der Waals surface area contributed by atoms with E-state index >= 15 is 0 Å². The Morgan fingerprint density at radius 1 is 1.16 bits per heavy atom. The van der Waals surface area contributed by atoms with Gasteiger partial charge in [-0.25, -0.2) is 0 Å². The highest BCUT2D eigenvalue weighted by molar-refractivity contribution is 5.38. The zero-order valence-electron chi connectivity index (χ0n) is 13.1. The van der Waals surface area contributed by atoms with Crippen LogP contribution < -0.4 is 10.1 Å². The van der Waals surface area contributed by atoms with Gasteiger partial charge in [-0.3, -0.25) is 0 Å². The summed E-state index contributed by atoms with van der Waals surface area (Å²) in [5.41, 5.74) is 2.55. The van der Waals surface area contributed by atoms with E-state index in [1.54, 1.807) is 7.11 Å². The molecule has 0 radical (unpaired) electrons. The van der Waals surface area contributed by atoms with E-state index in [0.29, 0.717) is 12.1 Å². The molecule has 19 heavy (non-hydrogen) atoms. The van der Waals surface area contributed by atoms with E-state index in [9.17, 15) is 0 Å². The molecule has 1 atom stereocenters. The molecule has 108 valence electrons. The molecule has 1 N–H and O–H groups in total. The lowest BCUT2D eigenvalue weighted by Gasteiger charge is -2.24. The van der Waals surface area contributed by atoms with Crippen LogP contribution in [-0.4, -0.2) is 13.2 Å². The topological polar surface area (TPSA) is 21.3 Å². The molecule has 1 aromatic carbocycles. The molecule has 0 aliphatic carbocycles. The second-order valence-electron chi connectivity index (χ2n) is 5.41. The van der Waals surface area contributed by atoms with Gasteiger partial charge in [-0.2, -0.15) is 0 Å². The highest BCUT2D eigenvalue weighted by Crippen LogP contribution is 2.27. The maximum atomic E-state index is 5.48. The van der Waals surface area contributed by atoms with Crippen molar-refractivity contribution in [1.29, 1.82) is 0 Å². The number of ether oxygens (including phenoxy) is 1. The Balaban J connectivity index is 2.80. The maximum absolute atomic E-state index is 5.48. The highest BCUT2D eigenvalue weighted by atomic mass is 16.5. The fraction of sp³-hybridized carbons (Fsp3) is 0.647. The largest absolute Gasteiger partial charge is 0.496 e. The maximum Gasteiger partial charge on any atom is 0.123 e. The van der Waals surface area contributed by atoms with Crippen molar-refractivity contribution in [3.05, 3.63) is 29.3 Å². The van der Waals surface area contributed by atoms with Crippen molar-refractivity contribution in [2.45, 2.75) is 65.5 Å². The van der Waals surface area contributed by atoms with Crippen LogP contribution in [0.25, 0.3) is 0 Å². The third-order valence-electron chi connectivity index (χ3n) is 3.61. The van der Waals surface area contributed by atoms with Crippen LogP contribution >= 0.6 is 0 Å². The molecule has 0 aliphatic heterocycles. The molecule has 0 fully saturated rings. The normalized spacial score (nSPS) is 12.7. The van der Waals surface area contributed by atoms with Crippen LogP contribution in [0.4, 0.5) is 0 Å². The third kappa shape index (κ3) is 4.87.